The highest BCUT2D eigenvalue weighted by atomic mass is 35.5. The molecule has 0 unspecified atom stereocenters. The number of amides is 2. The number of imidazole rings is 1. The van der Waals surface area contributed by atoms with E-state index in [1.165, 1.54) is 6.42 Å². The number of carbonyl (C=O) groups excluding carboxylic acids is 2. The van der Waals surface area contributed by atoms with E-state index < -0.39 is 5.54 Å². The van der Waals surface area contributed by atoms with Gasteiger partial charge in [0, 0.05) is 17.6 Å². The smallest absolute Gasteiger partial charge is 0.291 e. The molecule has 2 heterocycles. The summed E-state index contributed by atoms with van der Waals surface area (Å²) in [7, 11) is 0. The van der Waals surface area contributed by atoms with Crippen molar-refractivity contribution in [2.45, 2.75) is 64.2 Å². The lowest BCUT2D eigenvalue weighted by Crippen LogP contribution is -2.65. The van der Waals surface area contributed by atoms with Gasteiger partial charge in [0.25, 0.3) is 5.91 Å². The van der Waals surface area contributed by atoms with E-state index in [1.54, 1.807) is 4.90 Å². The van der Waals surface area contributed by atoms with Crippen LogP contribution in [0.2, 0.25) is 5.02 Å². The molecule has 172 valence electrons. The molecule has 0 bridgehead atoms. The number of aromatic nitrogens is 2. The van der Waals surface area contributed by atoms with Crippen LogP contribution in [-0.2, 0) is 17.9 Å². The Kier molecular flexibility index (Phi) is 5.65. The van der Waals surface area contributed by atoms with Crippen LogP contribution in [0.15, 0.2) is 48.5 Å². The fourth-order valence-electron chi connectivity index (χ4n) is 5.20. The van der Waals surface area contributed by atoms with Crippen LogP contribution >= 0.6 is 11.6 Å². The van der Waals surface area contributed by atoms with Crippen molar-refractivity contribution in [2.24, 2.45) is 5.92 Å². The molecule has 33 heavy (non-hydrogen) atoms. The predicted octanol–water partition coefficient (Wildman–Crippen LogP) is 4.80. The van der Waals surface area contributed by atoms with Crippen molar-refractivity contribution in [3.8, 4) is 0 Å². The van der Waals surface area contributed by atoms with E-state index in [0.717, 1.165) is 35.9 Å². The van der Waals surface area contributed by atoms with Crippen LogP contribution in [0.1, 0.15) is 55.7 Å². The maximum absolute atomic E-state index is 13.8. The summed E-state index contributed by atoms with van der Waals surface area (Å²) >= 11 is 6.07. The number of hydrogen-bond acceptors (Lipinski definition) is 3. The van der Waals surface area contributed by atoms with Gasteiger partial charge < -0.3 is 14.8 Å². The Morgan fingerprint density at radius 1 is 1.15 bits per heavy atom. The SMILES string of the molecule is C[C@@H]1CCCC[C@H]1NC(=O)[C@]1(C)Cn2c(nc3ccccc32)C(=O)N1Cc1ccc(Cl)cc1. The third-order valence-electron chi connectivity index (χ3n) is 7.32. The molecule has 2 aliphatic rings. The molecule has 1 fully saturated rings. The lowest BCUT2D eigenvalue weighted by Gasteiger charge is -2.44. The number of fused-ring (bicyclic) bond motifs is 3. The molecule has 5 rings (SSSR count). The lowest BCUT2D eigenvalue weighted by molar-refractivity contribution is -0.134. The Hall–Kier alpha value is -2.86. The zero-order valence-electron chi connectivity index (χ0n) is 19.1. The van der Waals surface area contributed by atoms with E-state index >= 15 is 0 Å². The van der Waals surface area contributed by atoms with Crippen molar-refractivity contribution < 1.29 is 9.59 Å². The molecule has 0 saturated heterocycles. The Morgan fingerprint density at radius 2 is 1.88 bits per heavy atom. The molecule has 3 aromatic rings. The van der Waals surface area contributed by atoms with Gasteiger partial charge in [0.05, 0.1) is 17.6 Å². The summed E-state index contributed by atoms with van der Waals surface area (Å²) in [5.74, 6) is 0.468. The van der Waals surface area contributed by atoms with Crippen LogP contribution in [0.4, 0.5) is 0 Å². The number of rotatable bonds is 4. The molecule has 2 aromatic carbocycles. The van der Waals surface area contributed by atoms with E-state index in [1.807, 2.05) is 60.0 Å². The van der Waals surface area contributed by atoms with E-state index in [2.05, 4.69) is 17.2 Å². The number of benzene rings is 2. The Balaban J connectivity index is 1.54. The van der Waals surface area contributed by atoms with Crippen LogP contribution in [0, 0.1) is 5.92 Å². The first-order valence-corrected chi connectivity index (χ1v) is 12.1. The fraction of sp³-hybridized carbons (Fsp3) is 0.423. The summed E-state index contributed by atoms with van der Waals surface area (Å²) < 4.78 is 1.90. The van der Waals surface area contributed by atoms with Crippen molar-refractivity contribution >= 4 is 34.4 Å². The molecule has 1 saturated carbocycles. The van der Waals surface area contributed by atoms with Gasteiger partial charge in [0.2, 0.25) is 5.91 Å². The topological polar surface area (TPSA) is 67.2 Å². The summed E-state index contributed by atoms with van der Waals surface area (Å²) in [6, 6.07) is 15.2. The highest BCUT2D eigenvalue weighted by Crippen LogP contribution is 2.33. The third-order valence-corrected chi connectivity index (χ3v) is 7.58. The van der Waals surface area contributed by atoms with E-state index in [-0.39, 0.29) is 17.9 Å². The molecule has 0 spiro atoms. The van der Waals surface area contributed by atoms with Gasteiger partial charge in [-0.15, -0.1) is 0 Å². The largest absolute Gasteiger partial charge is 0.351 e. The molecule has 3 atom stereocenters. The van der Waals surface area contributed by atoms with Crippen LogP contribution in [0.3, 0.4) is 0 Å². The average Bonchev–Trinajstić information content (AvgIpc) is 3.18. The summed E-state index contributed by atoms with van der Waals surface area (Å²) in [5, 5.41) is 3.94. The van der Waals surface area contributed by atoms with Gasteiger partial charge in [0.1, 0.15) is 5.54 Å². The molecule has 6 nitrogen and oxygen atoms in total. The van der Waals surface area contributed by atoms with Gasteiger partial charge in [-0.25, -0.2) is 4.98 Å². The van der Waals surface area contributed by atoms with E-state index in [4.69, 9.17) is 11.6 Å². The van der Waals surface area contributed by atoms with Crippen molar-refractivity contribution in [1.82, 2.24) is 19.8 Å². The van der Waals surface area contributed by atoms with Gasteiger partial charge in [-0.3, -0.25) is 9.59 Å². The number of halogens is 1. The number of carbonyl (C=O) groups is 2. The third kappa shape index (κ3) is 3.90. The second kappa shape index (κ2) is 8.49. The fourth-order valence-corrected chi connectivity index (χ4v) is 5.33. The standard InChI is InChI=1S/C26H29ClN4O2/c1-17-7-3-4-8-20(17)29-25(33)26(2)16-30-22-10-6-5-9-21(22)28-23(30)24(32)31(26)15-18-11-13-19(27)14-12-18/h5-6,9-14,17,20H,3-4,7-8,15-16H2,1-2H3,(H,29,33)/t17-,20-,26+/m1/s1. The second-order valence-electron chi connectivity index (χ2n) is 9.64. The Morgan fingerprint density at radius 3 is 2.64 bits per heavy atom. The number of nitrogens with zero attached hydrogens (tertiary/aromatic N) is 3. The van der Waals surface area contributed by atoms with Crippen molar-refractivity contribution in [3.05, 3.63) is 64.9 Å². The molecule has 1 aliphatic heterocycles. The minimum atomic E-state index is -1.05. The summed E-state index contributed by atoms with van der Waals surface area (Å²) in [4.78, 5) is 33.9. The summed E-state index contributed by atoms with van der Waals surface area (Å²) in [6.07, 6.45) is 4.42. The van der Waals surface area contributed by atoms with E-state index in [9.17, 15) is 9.59 Å². The van der Waals surface area contributed by atoms with Gasteiger partial charge >= 0.3 is 0 Å². The monoisotopic (exact) mass is 464 g/mol. The number of nitrogens with one attached hydrogen (secondary N) is 1. The average molecular weight is 465 g/mol. The van der Waals surface area contributed by atoms with Crippen molar-refractivity contribution in [1.29, 1.82) is 0 Å². The first kappa shape index (κ1) is 22.0. The van der Waals surface area contributed by atoms with Gasteiger partial charge in [-0.2, -0.15) is 0 Å². The lowest BCUT2D eigenvalue weighted by atomic mass is 9.85. The van der Waals surface area contributed by atoms with Crippen LogP contribution < -0.4 is 5.32 Å². The Bertz CT molecular complexity index is 1200. The first-order chi connectivity index (χ1) is 15.9. The highest BCUT2D eigenvalue weighted by molar-refractivity contribution is 6.30. The molecule has 1 N–H and O–H groups in total. The summed E-state index contributed by atoms with van der Waals surface area (Å²) in [5.41, 5.74) is 1.50. The normalized spacial score (nSPS) is 25.2. The quantitative estimate of drug-likeness (QED) is 0.603. The van der Waals surface area contributed by atoms with E-state index in [0.29, 0.717) is 29.9 Å². The molecule has 2 amide bonds. The zero-order valence-corrected chi connectivity index (χ0v) is 19.8. The Labute approximate surface area is 198 Å². The van der Waals surface area contributed by atoms with Crippen LogP contribution in [0.25, 0.3) is 11.0 Å². The zero-order chi connectivity index (χ0) is 23.2. The minimum Gasteiger partial charge on any atom is -0.351 e. The van der Waals surface area contributed by atoms with Crippen LogP contribution in [-0.4, -0.2) is 37.8 Å². The minimum absolute atomic E-state index is 0.105. The maximum Gasteiger partial charge on any atom is 0.291 e. The second-order valence-corrected chi connectivity index (χ2v) is 10.1. The first-order valence-electron chi connectivity index (χ1n) is 11.7. The molecule has 7 heteroatoms. The van der Waals surface area contributed by atoms with Crippen LogP contribution in [0.5, 0.6) is 0 Å². The summed E-state index contributed by atoms with van der Waals surface area (Å²) in [6.45, 7) is 4.74. The molecular formula is C26H29ClN4O2. The predicted molar refractivity (Wildman–Crippen MR) is 129 cm³/mol. The van der Waals surface area contributed by atoms with Gasteiger partial charge in [0.15, 0.2) is 5.82 Å². The van der Waals surface area contributed by atoms with Gasteiger partial charge in [-0.05, 0) is 55.5 Å². The van der Waals surface area contributed by atoms with Crippen molar-refractivity contribution in [3.63, 3.8) is 0 Å². The van der Waals surface area contributed by atoms with Gasteiger partial charge in [-0.1, -0.05) is 55.6 Å². The van der Waals surface area contributed by atoms with Crippen molar-refractivity contribution in [2.75, 3.05) is 0 Å². The number of hydrogen-bond donors (Lipinski definition) is 1. The molecule has 1 aromatic heterocycles. The highest BCUT2D eigenvalue weighted by Gasteiger charge is 2.49. The number of para-hydroxylation sites is 2. The molecule has 0 radical (unpaired) electrons. The maximum atomic E-state index is 13.8. The molecule has 1 aliphatic carbocycles. The molecular weight excluding hydrogens is 436 g/mol.